The van der Waals surface area contributed by atoms with Crippen molar-refractivity contribution in [3.05, 3.63) is 52.8 Å². The Kier molecular flexibility index (Phi) is 5.36. The molecule has 4 nitrogen and oxygen atoms in total. The number of nitrogens with zero attached hydrogens (tertiary/aromatic N) is 2. The highest BCUT2D eigenvalue weighted by atomic mass is 16.1. The molecule has 2 rings (SSSR count). The summed E-state index contributed by atoms with van der Waals surface area (Å²) < 4.78 is 1.83. The van der Waals surface area contributed by atoms with E-state index in [1.165, 1.54) is 5.56 Å². The quantitative estimate of drug-likeness (QED) is 0.891. The van der Waals surface area contributed by atoms with E-state index in [0.29, 0.717) is 18.9 Å². The molecule has 1 atom stereocenters. The maximum atomic E-state index is 12.2. The third kappa shape index (κ3) is 3.75. The van der Waals surface area contributed by atoms with Crippen LogP contribution < -0.4 is 5.32 Å². The molecule has 0 aliphatic rings. The van der Waals surface area contributed by atoms with E-state index >= 15 is 0 Å². The first-order valence-electron chi connectivity index (χ1n) is 7.83. The summed E-state index contributed by atoms with van der Waals surface area (Å²) in [6, 6.07) is 10.3. The van der Waals surface area contributed by atoms with Gasteiger partial charge in [-0.15, -0.1) is 0 Å². The van der Waals surface area contributed by atoms with E-state index in [0.717, 1.165) is 23.4 Å². The van der Waals surface area contributed by atoms with Crippen LogP contribution in [0.2, 0.25) is 0 Å². The molecule has 0 fully saturated rings. The number of benzene rings is 1. The largest absolute Gasteiger partial charge is 0.355 e. The molecule has 4 heteroatoms. The minimum absolute atomic E-state index is 0.0635. The average Bonchev–Trinajstić information content (AvgIpc) is 2.75. The number of rotatable bonds is 6. The van der Waals surface area contributed by atoms with Crippen LogP contribution in [0.5, 0.6) is 0 Å². The zero-order valence-corrected chi connectivity index (χ0v) is 13.9. The van der Waals surface area contributed by atoms with Crippen LogP contribution in [0.15, 0.2) is 30.3 Å². The Balaban J connectivity index is 1.95. The first-order chi connectivity index (χ1) is 10.5. The Morgan fingerprint density at radius 2 is 1.95 bits per heavy atom. The maximum absolute atomic E-state index is 12.2. The fourth-order valence-corrected chi connectivity index (χ4v) is 2.76. The van der Waals surface area contributed by atoms with Crippen molar-refractivity contribution in [2.45, 2.75) is 39.5 Å². The lowest BCUT2D eigenvalue weighted by molar-refractivity contribution is -0.120. The van der Waals surface area contributed by atoms with Crippen molar-refractivity contribution in [1.82, 2.24) is 15.1 Å². The molecule has 0 aliphatic heterocycles. The van der Waals surface area contributed by atoms with E-state index < -0.39 is 0 Å². The highest BCUT2D eigenvalue weighted by Gasteiger charge is 2.15. The molecule has 22 heavy (non-hydrogen) atoms. The fraction of sp³-hybridized carbons (Fsp3) is 0.444. The van der Waals surface area contributed by atoms with Gasteiger partial charge in [0, 0.05) is 30.8 Å². The highest BCUT2D eigenvalue weighted by molar-refractivity contribution is 5.79. The molecular formula is C18H25N3O. The van der Waals surface area contributed by atoms with Crippen molar-refractivity contribution in [3.63, 3.8) is 0 Å². The van der Waals surface area contributed by atoms with Gasteiger partial charge in [0.2, 0.25) is 5.91 Å². The van der Waals surface area contributed by atoms with Gasteiger partial charge >= 0.3 is 0 Å². The van der Waals surface area contributed by atoms with Crippen molar-refractivity contribution in [1.29, 1.82) is 0 Å². The van der Waals surface area contributed by atoms with Gasteiger partial charge in [0.15, 0.2) is 0 Å². The first kappa shape index (κ1) is 16.3. The van der Waals surface area contributed by atoms with Crippen molar-refractivity contribution >= 4 is 5.91 Å². The lowest BCUT2D eigenvalue weighted by atomic mass is 9.96. The van der Waals surface area contributed by atoms with Crippen LogP contribution in [0, 0.1) is 13.8 Å². The standard InChI is InChI=1S/C18H25N3O/c1-5-15(16-9-7-6-8-10-16)12-19-18(22)11-17-13(2)20-21(4)14(17)3/h6-10,15H,5,11-12H2,1-4H3,(H,19,22). The van der Waals surface area contributed by atoms with Crippen LogP contribution in [-0.4, -0.2) is 22.2 Å². The van der Waals surface area contributed by atoms with Gasteiger partial charge in [0.25, 0.3) is 0 Å². The van der Waals surface area contributed by atoms with Crippen molar-refractivity contribution in [3.8, 4) is 0 Å². The Morgan fingerprint density at radius 3 is 2.50 bits per heavy atom. The van der Waals surface area contributed by atoms with Crippen LogP contribution in [0.3, 0.4) is 0 Å². The Labute approximate surface area is 132 Å². The number of hydrogen-bond donors (Lipinski definition) is 1. The van der Waals surface area contributed by atoms with Crippen LogP contribution in [0.4, 0.5) is 0 Å². The second-order valence-electron chi connectivity index (χ2n) is 5.77. The van der Waals surface area contributed by atoms with Gasteiger partial charge in [0.05, 0.1) is 12.1 Å². The van der Waals surface area contributed by atoms with Crippen molar-refractivity contribution < 1.29 is 4.79 Å². The number of amides is 1. The second kappa shape index (κ2) is 7.25. The molecule has 1 heterocycles. The van der Waals surface area contributed by atoms with Gasteiger partial charge in [-0.2, -0.15) is 5.10 Å². The SMILES string of the molecule is CCC(CNC(=O)Cc1c(C)nn(C)c1C)c1ccccc1. The smallest absolute Gasteiger partial charge is 0.224 e. The number of carbonyl (C=O) groups excluding carboxylic acids is 1. The number of hydrogen-bond acceptors (Lipinski definition) is 2. The number of aryl methyl sites for hydroxylation is 2. The summed E-state index contributed by atoms with van der Waals surface area (Å²) in [6.07, 6.45) is 1.41. The van der Waals surface area contributed by atoms with E-state index in [2.05, 4.69) is 29.5 Å². The predicted molar refractivity (Wildman–Crippen MR) is 88.9 cm³/mol. The van der Waals surface area contributed by atoms with Crippen molar-refractivity contribution in [2.24, 2.45) is 7.05 Å². The van der Waals surface area contributed by atoms with Gasteiger partial charge in [-0.25, -0.2) is 0 Å². The third-order valence-corrected chi connectivity index (χ3v) is 4.31. The minimum Gasteiger partial charge on any atom is -0.355 e. The monoisotopic (exact) mass is 299 g/mol. The third-order valence-electron chi connectivity index (χ3n) is 4.31. The topological polar surface area (TPSA) is 46.9 Å². The molecule has 0 bridgehead atoms. The van der Waals surface area contributed by atoms with Crippen LogP contribution >= 0.6 is 0 Å². The Bertz CT molecular complexity index is 631. The predicted octanol–water partition coefficient (Wildman–Crippen LogP) is 2.89. The molecule has 1 amide bonds. The summed E-state index contributed by atoms with van der Waals surface area (Å²) in [5.74, 6) is 0.426. The maximum Gasteiger partial charge on any atom is 0.224 e. The number of aromatic nitrogens is 2. The molecule has 1 N–H and O–H groups in total. The molecule has 0 spiro atoms. The Hall–Kier alpha value is -2.10. The molecule has 0 aliphatic carbocycles. The van der Waals surface area contributed by atoms with Crippen LogP contribution in [0.1, 0.15) is 41.8 Å². The lowest BCUT2D eigenvalue weighted by Crippen LogP contribution is -2.29. The highest BCUT2D eigenvalue weighted by Crippen LogP contribution is 2.18. The lowest BCUT2D eigenvalue weighted by Gasteiger charge is -2.16. The molecule has 0 saturated carbocycles. The van der Waals surface area contributed by atoms with E-state index in [4.69, 9.17) is 0 Å². The van der Waals surface area contributed by atoms with Gasteiger partial charge in [-0.05, 0) is 25.8 Å². The summed E-state index contributed by atoms with van der Waals surface area (Å²) in [4.78, 5) is 12.2. The summed E-state index contributed by atoms with van der Waals surface area (Å²) in [5.41, 5.74) is 4.31. The van der Waals surface area contributed by atoms with E-state index in [9.17, 15) is 4.79 Å². The van der Waals surface area contributed by atoms with Crippen LogP contribution in [-0.2, 0) is 18.3 Å². The molecule has 118 valence electrons. The van der Waals surface area contributed by atoms with Crippen LogP contribution in [0.25, 0.3) is 0 Å². The molecule has 1 aromatic heterocycles. The summed E-state index contributed by atoms with van der Waals surface area (Å²) in [6.45, 7) is 6.78. The van der Waals surface area contributed by atoms with Gasteiger partial charge in [-0.1, -0.05) is 37.3 Å². The summed E-state index contributed by atoms with van der Waals surface area (Å²) >= 11 is 0. The second-order valence-corrected chi connectivity index (χ2v) is 5.77. The minimum atomic E-state index is 0.0635. The number of nitrogens with one attached hydrogen (secondary N) is 1. The fourth-order valence-electron chi connectivity index (χ4n) is 2.76. The van der Waals surface area contributed by atoms with Gasteiger partial charge < -0.3 is 5.32 Å². The molecular weight excluding hydrogens is 274 g/mol. The van der Waals surface area contributed by atoms with E-state index in [1.807, 2.05) is 43.8 Å². The number of carbonyl (C=O) groups is 1. The molecule has 2 aromatic rings. The zero-order valence-electron chi connectivity index (χ0n) is 13.9. The van der Waals surface area contributed by atoms with Gasteiger partial charge in [0.1, 0.15) is 0 Å². The first-order valence-corrected chi connectivity index (χ1v) is 7.83. The Morgan fingerprint density at radius 1 is 1.27 bits per heavy atom. The van der Waals surface area contributed by atoms with Gasteiger partial charge in [-0.3, -0.25) is 9.48 Å². The molecule has 1 unspecified atom stereocenters. The normalized spacial score (nSPS) is 12.2. The summed E-state index contributed by atoms with van der Waals surface area (Å²) in [7, 11) is 1.91. The molecule has 0 saturated heterocycles. The van der Waals surface area contributed by atoms with E-state index in [-0.39, 0.29) is 5.91 Å². The summed E-state index contributed by atoms with van der Waals surface area (Å²) in [5, 5.41) is 7.43. The molecule has 1 aromatic carbocycles. The average molecular weight is 299 g/mol. The zero-order chi connectivity index (χ0) is 16.1. The van der Waals surface area contributed by atoms with Crippen molar-refractivity contribution in [2.75, 3.05) is 6.54 Å². The van der Waals surface area contributed by atoms with E-state index in [1.54, 1.807) is 0 Å². The molecule has 0 radical (unpaired) electrons.